The van der Waals surface area contributed by atoms with Crippen molar-refractivity contribution >= 4 is 11.9 Å². The van der Waals surface area contributed by atoms with Crippen LogP contribution < -0.4 is 5.32 Å². The van der Waals surface area contributed by atoms with Crippen molar-refractivity contribution in [1.29, 1.82) is 0 Å². The number of carbonyl (C=O) groups excluding carboxylic acids is 2. The third kappa shape index (κ3) is 5.68. The van der Waals surface area contributed by atoms with Gasteiger partial charge in [-0.3, -0.25) is 14.9 Å². The van der Waals surface area contributed by atoms with Gasteiger partial charge in [0.1, 0.15) is 6.04 Å². The van der Waals surface area contributed by atoms with Crippen LogP contribution in [0, 0.1) is 5.92 Å². The minimum absolute atomic E-state index is 0.0190. The van der Waals surface area contributed by atoms with Crippen LogP contribution in [0.25, 0.3) is 0 Å². The van der Waals surface area contributed by atoms with Crippen molar-refractivity contribution in [3.63, 3.8) is 0 Å². The molecule has 0 aliphatic carbocycles. The van der Waals surface area contributed by atoms with Crippen LogP contribution in [0.5, 0.6) is 0 Å². The molecule has 0 aliphatic rings. The van der Waals surface area contributed by atoms with Crippen LogP contribution in [0.1, 0.15) is 27.2 Å². The molecular formula is C12H24N2O3. The number of ether oxygens (including phenoxy) is 1. The summed E-state index contributed by atoms with van der Waals surface area (Å²) >= 11 is 0. The Bertz CT molecular complexity index is 264. The van der Waals surface area contributed by atoms with Crippen molar-refractivity contribution < 1.29 is 14.3 Å². The maximum absolute atomic E-state index is 11.9. The molecule has 0 rings (SSSR count). The van der Waals surface area contributed by atoms with E-state index in [1.54, 1.807) is 21.0 Å². The lowest BCUT2D eigenvalue weighted by atomic mass is 10.0. The van der Waals surface area contributed by atoms with Gasteiger partial charge in [-0.25, -0.2) is 0 Å². The summed E-state index contributed by atoms with van der Waals surface area (Å²) in [6.45, 7) is 5.78. The zero-order valence-electron chi connectivity index (χ0n) is 11.6. The number of nitrogens with one attached hydrogen (secondary N) is 1. The topological polar surface area (TPSA) is 58.6 Å². The highest BCUT2D eigenvalue weighted by Crippen LogP contribution is 2.08. The second-order valence-corrected chi connectivity index (χ2v) is 4.83. The summed E-state index contributed by atoms with van der Waals surface area (Å²) in [6.07, 6.45) is 0.693. The van der Waals surface area contributed by atoms with Crippen LogP contribution >= 0.6 is 0 Å². The summed E-state index contributed by atoms with van der Waals surface area (Å²) < 4.78 is 4.63. The Hall–Kier alpha value is -1.10. The lowest BCUT2D eigenvalue weighted by Crippen LogP contribution is -2.50. The lowest BCUT2D eigenvalue weighted by Gasteiger charge is -2.25. The zero-order valence-corrected chi connectivity index (χ0v) is 11.6. The van der Waals surface area contributed by atoms with E-state index in [4.69, 9.17) is 0 Å². The van der Waals surface area contributed by atoms with Crippen LogP contribution in [0.15, 0.2) is 0 Å². The zero-order chi connectivity index (χ0) is 13.6. The van der Waals surface area contributed by atoms with E-state index >= 15 is 0 Å². The fourth-order valence-corrected chi connectivity index (χ4v) is 1.57. The van der Waals surface area contributed by atoms with Gasteiger partial charge in [0, 0.05) is 14.1 Å². The summed E-state index contributed by atoms with van der Waals surface area (Å²) in [6, 6.07) is -0.827. The number of likely N-dealkylation sites (N-methyl/N-ethyl adjacent to an activating group) is 1. The van der Waals surface area contributed by atoms with Gasteiger partial charge in [0.25, 0.3) is 0 Å². The van der Waals surface area contributed by atoms with Crippen molar-refractivity contribution in [1.82, 2.24) is 10.2 Å². The second kappa shape index (κ2) is 7.27. The second-order valence-electron chi connectivity index (χ2n) is 4.83. The lowest BCUT2D eigenvalue weighted by molar-refractivity contribution is -0.143. The standard InChI is InChI=1S/C12H24N2O3/c1-8(2)7-10(11(15)14(4)5)13-9(3)12(16)17-6/h8-10,13H,7H2,1-6H3. The molecule has 0 saturated heterocycles. The van der Waals surface area contributed by atoms with E-state index in [2.05, 4.69) is 10.1 Å². The number of rotatable bonds is 6. The predicted molar refractivity (Wildman–Crippen MR) is 66.6 cm³/mol. The van der Waals surface area contributed by atoms with Crippen molar-refractivity contribution in [2.45, 2.75) is 39.3 Å². The molecule has 5 nitrogen and oxygen atoms in total. The molecule has 100 valence electrons. The van der Waals surface area contributed by atoms with Crippen LogP contribution in [0.2, 0.25) is 0 Å². The molecule has 0 bridgehead atoms. The van der Waals surface area contributed by atoms with Crippen molar-refractivity contribution in [3.8, 4) is 0 Å². The molecule has 17 heavy (non-hydrogen) atoms. The Morgan fingerprint density at radius 1 is 1.24 bits per heavy atom. The van der Waals surface area contributed by atoms with Gasteiger partial charge in [-0.2, -0.15) is 0 Å². The van der Waals surface area contributed by atoms with E-state index in [1.807, 2.05) is 13.8 Å². The molecule has 2 unspecified atom stereocenters. The SMILES string of the molecule is COC(=O)C(C)NC(CC(C)C)C(=O)N(C)C. The predicted octanol–water partition coefficient (Wildman–Crippen LogP) is 0.640. The number of hydrogen-bond acceptors (Lipinski definition) is 4. The summed E-state index contributed by atoms with van der Waals surface area (Å²) in [5.41, 5.74) is 0. The highest BCUT2D eigenvalue weighted by Gasteiger charge is 2.25. The number of methoxy groups -OCH3 is 1. The molecule has 1 amide bonds. The monoisotopic (exact) mass is 244 g/mol. The Kier molecular flexibility index (Phi) is 6.80. The van der Waals surface area contributed by atoms with Crippen molar-refractivity contribution in [3.05, 3.63) is 0 Å². The first kappa shape index (κ1) is 15.9. The van der Waals surface area contributed by atoms with Gasteiger partial charge in [-0.15, -0.1) is 0 Å². The molecule has 1 N–H and O–H groups in total. The van der Waals surface area contributed by atoms with E-state index in [9.17, 15) is 9.59 Å². The third-order valence-electron chi connectivity index (χ3n) is 2.45. The molecule has 0 radical (unpaired) electrons. The smallest absolute Gasteiger partial charge is 0.322 e. The number of carbonyl (C=O) groups is 2. The van der Waals surface area contributed by atoms with Gasteiger partial charge >= 0.3 is 5.97 Å². The highest BCUT2D eigenvalue weighted by molar-refractivity contribution is 5.83. The quantitative estimate of drug-likeness (QED) is 0.697. The average molecular weight is 244 g/mol. The van der Waals surface area contributed by atoms with Crippen LogP contribution in [0.3, 0.4) is 0 Å². The third-order valence-corrected chi connectivity index (χ3v) is 2.45. The molecule has 0 heterocycles. The molecular weight excluding hydrogens is 220 g/mol. The highest BCUT2D eigenvalue weighted by atomic mass is 16.5. The minimum Gasteiger partial charge on any atom is -0.468 e. The van der Waals surface area contributed by atoms with Crippen molar-refractivity contribution in [2.24, 2.45) is 5.92 Å². The van der Waals surface area contributed by atoms with Gasteiger partial charge in [-0.1, -0.05) is 13.8 Å². The van der Waals surface area contributed by atoms with Gasteiger partial charge in [0.05, 0.1) is 13.2 Å². The first-order chi connectivity index (χ1) is 7.79. The Balaban J connectivity index is 4.59. The van der Waals surface area contributed by atoms with Gasteiger partial charge in [0.2, 0.25) is 5.91 Å². The summed E-state index contributed by atoms with van der Waals surface area (Å²) in [5.74, 6) is 0.000937. The normalized spacial score (nSPS) is 14.3. The summed E-state index contributed by atoms with van der Waals surface area (Å²) in [7, 11) is 4.76. The van der Waals surface area contributed by atoms with E-state index in [-0.39, 0.29) is 17.9 Å². The maximum Gasteiger partial charge on any atom is 0.322 e. The molecule has 0 saturated carbocycles. The summed E-state index contributed by atoms with van der Waals surface area (Å²) in [5, 5.41) is 3.01. The van der Waals surface area contributed by atoms with Crippen LogP contribution in [0.4, 0.5) is 0 Å². The van der Waals surface area contributed by atoms with E-state index in [1.165, 1.54) is 12.0 Å². The number of esters is 1. The van der Waals surface area contributed by atoms with Crippen LogP contribution in [-0.4, -0.2) is 50.1 Å². The van der Waals surface area contributed by atoms with Gasteiger partial charge in [-0.05, 0) is 19.3 Å². The van der Waals surface area contributed by atoms with E-state index in [0.29, 0.717) is 12.3 Å². The number of nitrogens with zero attached hydrogens (tertiary/aromatic N) is 1. The molecule has 0 spiro atoms. The Morgan fingerprint density at radius 2 is 1.76 bits per heavy atom. The first-order valence-electron chi connectivity index (χ1n) is 5.84. The first-order valence-corrected chi connectivity index (χ1v) is 5.84. The molecule has 0 aliphatic heterocycles. The van der Waals surface area contributed by atoms with E-state index < -0.39 is 6.04 Å². The molecule has 0 aromatic rings. The number of hydrogen-bond donors (Lipinski definition) is 1. The van der Waals surface area contributed by atoms with Crippen molar-refractivity contribution in [2.75, 3.05) is 21.2 Å². The van der Waals surface area contributed by atoms with Gasteiger partial charge < -0.3 is 9.64 Å². The largest absolute Gasteiger partial charge is 0.468 e. The van der Waals surface area contributed by atoms with Gasteiger partial charge in [0.15, 0.2) is 0 Å². The summed E-state index contributed by atoms with van der Waals surface area (Å²) in [4.78, 5) is 24.8. The number of amides is 1. The average Bonchev–Trinajstić information content (AvgIpc) is 2.24. The maximum atomic E-state index is 11.9. The Morgan fingerprint density at radius 3 is 2.12 bits per heavy atom. The Labute approximate surface area is 103 Å². The molecule has 0 aromatic carbocycles. The molecule has 5 heteroatoms. The van der Waals surface area contributed by atoms with Crippen LogP contribution in [-0.2, 0) is 14.3 Å². The fourth-order valence-electron chi connectivity index (χ4n) is 1.57. The van der Waals surface area contributed by atoms with E-state index in [0.717, 1.165) is 0 Å². The fraction of sp³-hybridized carbons (Fsp3) is 0.833. The molecule has 0 aromatic heterocycles. The minimum atomic E-state index is -0.479. The molecule has 2 atom stereocenters. The molecule has 0 fully saturated rings.